The van der Waals surface area contributed by atoms with Crippen molar-refractivity contribution >= 4 is 97.9 Å². The second-order valence-electron chi connectivity index (χ2n) is 13.4. The highest BCUT2D eigenvalue weighted by atomic mass is 32.1. The van der Waals surface area contributed by atoms with Gasteiger partial charge in [0.05, 0.1) is 30.6 Å². The van der Waals surface area contributed by atoms with Crippen molar-refractivity contribution in [1.29, 1.82) is 0 Å². The van der Waals surface area contributed by atoms with Crippen LogP contribution in [0.5, 0.6) is 0 Å². The molecule has 0 amide bonds. The van der Waals surface area contributed by atoms with Gasteiger partial charge in [0.2, 0.25) is 21.7 Å². The van der Waals surface area contributed by atoms with Crippen molar-refractivity contribution in [2.45, 2.75) is 13.2 Å². The van der Waals surface area contributed by atoms with Gasteiger partial charge in [-0.25, -0.2) is 28.7 Å². The Balaban J connectivity index is 1.22. The molecular formula is C44H24N4O8S2. The monoisotopic (exact) mass is 800 g/mol. The second kappa shape index (κ2) is 13.7. The molecule has 14 heteroatoms. The molecule has 10 rings (SSSR count). The first-order valence-corrected chi connectivity index (χ1v) is 19.5. The molecule has 0 aliphatic rings. The van der Waals surface area contributed by atoms with E-state index < -0.39 is 33.9 Å². The Labute approximate surface area is 332 Å². The summed E-state index contributed by atoms with van der Waals surface area (Å²) >= 11 is 2.40. The lowest BCUT2D eigenvalue weighted by Crippen LogP contribution is -2.31. The van der Waals surface area contributed by atoms with Gasteiger partial charge in [0.25, 0.3) is 0 Å². The molecule has 0 aliphatic heterocycles. The van der Waals surface area contributed by atoms with Crippen molar-refractivity contribution in [2.24, 2.45) is 9.98 Å². The zero-order valence-corrected chi connectivity index (χ0v) is 31.5. The molecule has 58 heavy (non-hydrogen) atoms. The maximum Gasteiger partial charge on any atom is 0.420 e. The molecule has 6 aromatic carbocycles. The van der Waals surface area contributed by atoms with Gasteiger partial charge >= 0.3 is 12.2 Å². The zero-order valence-electron chi connectivity index (χ0n) is 29.8. The third kappa shape index (κ3) is 5.56. The molecule has 12 nitrogen and oxygen atoms in total. The van der Waals surface area contributed by atoms with Gasteiger partial charge in [0.15, 0.2) is 10.7 Å². The SMILES string of the molecule is O=C(OCc1ccccc1)n1c(N=c2c(=O)c3ccccc3c2=O)cc2sc3c4sc(N=c5c(=O)c6ccccc6c5=O)cc4n(C(=O)OCc4ccccc4)c3c21. The molecule has 0 radical (unpaired) electrons. The molecule has 0 aliphatic carbocycles. The predicted octanol–water partition coefficient (Wildman–Crippen LogP) is 7.21. The van der Waals surface area contributed by atoms with E-state index in [0.717, 1.165) is 21.5 Å². The molecule has 4 heterocycles. The lowest BCUT2D eigenvalue weighted by molar-refractivity contribution is 0.141. The van der Waals surface area contributed by atoms with Crippen LogP contribution in [0.4, 0.5) is 20.4 Å². The van der Waals surface area contributed by atoms with E-state index in [9.17, 15) is 28.8 Å². The van der Waals surface area contributed by atoms with Crippen LogP contribution in [0.1, 0.15) is 11.1 Å². The molecule has 280 valence electrons. The topological polar surface area (TPSA) is 155 Å². The van der Waals surface area contributed by atoms with Gasteiger partial charge < -0.3 is 9.47 Å². The van der Waals surface area contributed by atoms with Crippen LogP contribution < -0.4 is 32.4 Å². The van der Waals surface area contributed by atoms with Gasteiger partial charge in [-0.15, -0.1) is 22.7 Å². The first-order chi connectivity index (χ1) is 28.3. The lowest BCUT2D eigenvalue weighted by atomic mass is 10.2. The smallest absolute Gasteiger partial charge is 0.420 e. The molecule has 4 aromatic heterocycles. The van der Waals surface area contributed by atoms with E-state index in [1.54, 1.807) is 72.8 Å². The van der Waals surface area contributed by atoms with E-state index in [1.807, 2.05) is 48.5 Å². The summed E-state index contributed by atoms with van der Waals surface area (Å²) in [5, 5.41) is 0.668. The summed E-state index contributed by atoms with van der Waals surface area (Å²) in [5.74, 6) is -0.0515. The van der Waals surface area contributed by atoms with E-state index in [0.29, 0.717) is 30.2 Å². The van der Waals surface area contributed by atoms with Crippen molar-refractivity contribution in [3.8, 4) is 0 Å². The van der Waals surface area contributed by atoms with Gasteiger partial charge in [-0.1, -0.05) is 109 Å². The Morgan fingerprint density at radius 2 is 0.983 bits per heavy atom. The number of carbonyl (C=O) groups excluding carboxylic acids is 2. The summed E-state index contributed by atoms with van der Waals surface area (Å²) in [6, 6.07) is 34.2. The van der Waals surface area contributed by atoms with Gasteiger partial charge in [0.1, 0.15) is 24.0 Å². The largest absolute Gasteiger partial charge is 0.444 e. The summed E-state index contributed by atoms with van der Waals surface area (Å²) < 4.78 is 15.8. The average Bonchev–Trinajstić information content (AvgIpc) is 4.07. The summed E-state index contributed by atoms with van der Waals surface area (Å²) in [4.78, 5) is 91.0. The zero-order chi connectivity index (χ0) is 39.7. The number of carbonyl (C=O) groups is 2. The Hall–Kier alpha value is -7.42. The van der Waals surface area contributed by atoms with Gasteiger partial charge in [-0.05, 0) is 17.2 Å². The molecule has 0 spiro atoms. The molecule has 0 atom stereocenters. The van der Waals surface area contributed by atoms with Crippen molar-refractivity contribution in [1.82, 2.24) is 9.13 Å². The molecule has 0 bridgehead atoms. The maximum atomic E-state index is 14.3. The fourth-order valence-electron chi connectivity index (χ4n) is 7.20. The summed E-state index contributed by atoms with van der Waals surface area (Å²) in [5.41, 5.74) is 0.185. The molecular weight excluding hydrogens is 777 g/mol. The van der Waals surface area contributed by atoms with E-state index >= 15 is 0 Å². The van der Waals surface area contributed by atoms with Crippen LogP contribution in [0, 0.1) is 0 Å². The van der Waals surface area contributed by atoms with Gasteiger partial charge in [-0.3, -0.25) is 19.2 Å². The Bertz CT molecular complexity index is 3550. The van der Waals surface area contributed by atoms with Crippen molar-refractivity contribution in [3.63, 3.8) is 0 Å². The van der Waals surface area contributed by atoms with Crippen LogP contribution in [-0.2, 0) is 22.7 Å². The number of aromatic nitrogens is 2. The van der Waals surface area contributed by atoms with Gasteiger partial charge in [-0.2, -0.15) is 0 Å². The van der Waals surface area contributed by atoms with Crippen LogP contribution in [-0.4, -0.2) is 21.3 Å². The van der Waals surface area contributed by atoms with Crippen LogP contribution in [0.3, 0.4) is 0 Å². The lowest BCUT2D eigenvalue weighted by Gasteiger charge is -2.10. The summed E-state index contributed by atoms with van der Waals surface area (Å²) in [6.07, 6.45) is -1.65. The minimum absolute atomic E-state index is 0.0515. The van der Waals surface area contributed by atoms with E-state index in [2.05, 4.69) is 9.98 Å². The highest BCUT2D eigenvalue weighted by Gasteiger charge is 2.30. The number of benzene rings is 4. The first-order valence-electron chi connectivity index (χ1n) is 17.9. The fraction of sp³-hybridized carbons (Fsp3) is 0.0455. The van der Waals surface area contributed by atoms with Crippen LogP contribution in [0.2, 0.25) is 0 Å². The number of nitrogens with zero attached hydrogens (tertiary/aromatic N) is 4. The molecule has 0 saturated carbocycles. The van der Waals surface area contributed by atoms with E-state index in [1.165, 1.54) is 15.9 Å². The minimum atomic E-state index is -0.869. The number of ether oxygens (including phenoxy) is 2. The standard InChI is InChI=1S/C44H24N4O8S2/c49-37-25-15-7-8-16-26(25)38(50)33(37)45-31-20-30-35(48(31)44(54)56-22-24-13-5-2-6-14-24)36-42(57-30)41-29(47(36)43(53)55-21-23-11-3-1-4-12-23)19-32(58-41)46-34-39(51)27-17-9-10-18-28(27)40(34)52/h1-20H,21-22H2. The third-order valence-corrected chi connectivity index (χ3v) is 12.2. The quantitative estimate of drug-likeness (QED) is 0.171. The molecule has 0 N–H and O–H groups in total. The summed E-state index contributed by atoms with van der Waals surface area (Å²) in [6.45, 7) is -0.176. The number of hydrogen-bond donors (Lipinski definition) is 0. The molecule has 10 aromatic rings. The Morgan fingerprint density at radius 3 is 1.50 bits per heavy atom. The highest BCUT2D eigenvalue weighted by Crippen LogP contribution is 2.47. The number of fused-ring (bicyclic) bond motifs is 7. The van der Waals surface area contributed by atoms with Crippen LogP contribution >= 0.6 is 22.7 Å². The van der Waals surface area contributed by atoms with E-state index in [-0.39, 0.29) is 62.3 Å². The van der Waals surface area contributed by atoms with Crippen LogP contribution in [0.25, 0.3) is 52.2 Å². The molecule has 0 saturated heterocycles. The summed E-state index contributed by atoms with van der Waals surface area (Å²) in [7, 11) is 0. The number of hydrogen-bond acceptors (Lipinski definition) is 12. The van der Waals surface area contributed by atoms with E-state index in [4.69, 9.17) is 9.47 Å². The highest BCUT2D eigenvalue weighted by molar-refractivity contribution is 7.32. The fourth-order valence-corrected chi connectivity index (χ4v) is 9.56. The number of rotatable bonds is 6. The molecule has 0 unspecified atom stereocenters. The van der Waals surface area contributed by atoms with Crippen molar-refractivity contribution < 1.29 is 19.1 Å². The maximum absolute atomic E-state index is 14.3. The van der Waals surface area contributed by atoms with Crippen molar-refractivity contribution in [2.75, 3.05) is 0 Å². The Kier molecular flexibility index (Phi) is 8.24. The predicted molar refractivity (Wildman–Crippen MR) is 223 cm³/mol. The normalized spacial score (nSPS) is 11.7. The Morgan fingerprint density at radius 1 is 0.517 bits per heavy atom. The minimum Gasteiger partial charge on any atom is -0.444 e. The average molecular weight is 801 g/mol. The molecule has 0 fully saturated rings. The van der Waals surface area contributed by atoms with Crippen LogP contribution in [0.15, 0.2) is 150 Å². The number of thiophene rings is 2. The van der Waals surface area contributed by atoms with Crippen molar-refractivity contribution in [3.05, 3.63) is 184 Å². The first kappa shape index (κ1) is 35.0. The van der Waals surface area contributed by atoms with Gasteiger partial charge in [0, 0.05) is 27.6 Å². The third-order valence-electron chi connectivity index (χ3n) is 9.88. The second-order valence-corrected chi connectivity index (χ2v) is 15.5.